The number of primary amides is 1. The lowest BCUT2D eigenvalue weighted by molar-refractivity contribution is 0.0996. The van der Waals surface area contributed by atoms with Crippen LogP contribution in [0.1, 0.15) is 10.4 Å². The maximum absolute atomic E-state index is 13.7. The molecule has 0 unspecified atom stereocenters. The van der Waals surface area contributed by atoms with Crippen LogP contribution in [0.4, 0.5) is 4.39 Å². The van der Waals surface area contributed by atoms with Gasteiger partial charge in [-0.2, -0.15) is 0 Å². The highest BCUT2D eigenvalue weighted by molar-refractivity contribution is 7.89. The first-order valence-electron chi connectivity index (χ1n) is 4.29. The van der Waals surface area contributed by atoms with Crippen molar-refractivity contribution in [2.24, 2.45) is 5.73 Å². The van der Waals surface area contributed by atoms with E-state index in [0.717, 1.165) is 16.4 Å². The SMILES string of the molecule is CN(C)S(=O)(=O)c1cccc(C(N)=O)c1F. The summed E-state index contributed by atoms with van der Waals surface area (Å²) < 4.78 is 37.9. The summed E-state index contributed by atoms with van der Waals surface area (Å²) in [5.41, 5.74) is 4.47. The van der Waals surface area contributed by atoms with E-state index in [4.69, 9.17) is 5.73 Å². The molecule has 1 rings (SSSR count). The number of benzene rings is 1. The Bertz CT molecular complexity index is 526. The number of sulfonamides is 1. The Morgan fingerprint density at radius 2 is 1.94 bits per heavy atom. The Kier molecular flexibility index (Phi) is 3.30. The third kappa shape index (κ3) is 2.05. The molecule has 1 amide bonds. The molecule has 0 saturated heterocycles. The van der Waals surface area contributed by atoms with Crippen LogP contribution in [0.5, 0.6) is 0 Å². The molecule has 1 aromatic rings. The molecule has 0 saturated carbocycles. The number of rotatable bonds is 3. The van der Waals surface area contributed by atoms with E-state index in [0.29, 0.717) is 0 Å². The normalized spacial score (nSPS) is 11.8. The molecule has 0 atom stereocenters. The maximum atomic E-state index is 13.7. The second kappa shape index (κ2) is 4.18. The van der Waals surface area contributed by atoms with Crippen LogP contribution >= 0.6 is 0 Å². The standard InChI is InChI=1S/C9H11FN2O3S/c1-12(2)16(14,15)7-5-3-4-6(8(7)10)9(11)13/h3-5H,1-2H3,(H2,11,13). The van der Waals surface area contributed by atoms with Crippen LogP contribution in [0, 0.1) is 5.82 Å². The summed E-state index contributed by atoms with van der Waals surface area (Å²) in [5.74, 6) is -2.13. The zero-order valence-corrected chi connectivity index (χ0v) is 9.58. The van der Waals surface area contributed by atoms with E-state index in [-0.39, 0.29) is 0 Å². The number of hydrogen-bond acceptors (Lipinski definition) is 3. The lowest BCUT2D eigenvalue weighted by Crippen LogP contribution is -2.24. The molecule has 0 radical (unpaired) electrons. The maximum Gasteiger partial charge on any atom is 0.251 e. The number of halogens is 1. The summed E-state index contributed by atoms with van der Waals surface area (Å²) >= 11 is 0. The van der Waals surface area contributed by atoms with Gasteiger partial charge in [-0.25, -0.2) is 17.1 Å². The highest BCUT2D eigenvalue weighted by Gasteiger charge is 2.24. The third-order valence-corrected chi connectivity index (χ3v) is 3.82. The molecular formula is C9H11FN2O3S. The Morgan fingerprint density at radius 1 is 1.38 bits per heavy atom. The van der Waals surface area contributed by atoms with Gasteiger partial charge in [0.25, 0.3) is 5.91 Å². The van der Waals surface area contributed by atoms with Crippen molar-refractivity contribution in [3.05, 3.63) is 29.6 Å². The molecule has 7 heteroatoms. The topological polar surface area (TPSA) is 80.5 Å². The van der Waals surface area contributed by atoms with Crippen LogP contribution in [-0.4, -0.2) is 32.7 Å². The first-order valence-corrected chi connectivity index (χ1v) is 5.73. The summed E-state index contributed by atoms with van der Waals surface area (Å²) in [6, 6.07) is 3.48. The fourth-order valence-corrected chi connectivity index (χ4v) is 2.08. The van der Waals surface area contributed by atoms with Crippen LogP contribution < -0.4 is 5.73 Å². The van der Waals surface area contributed by atoms with Gasteiger partial charge in [0, 0.05) is 14.1 Å². The van der Waals surface area contributed by atoms with E-state index in [1.165, 1.54) is 20.2 Å². The van der Waals surface area contributed by atoms with Gasteiger partial charge in [0.05, 0.1) is 5.56 Å². The molecule has 0 fully saturated rings. The first-order chi connectivity index (χ1) is 7.28. The molecule has 0 aromatic heterocycles. The molecule has 0 bridgehead atoms. The number of nitrogens with zero attached hydrogens (tertiary/aromatic N) is 1. The number of nitrogens with two attached hydrogens (primary N) is 1. The van der Waals surface area contributed by atoms with E-state index < -0.39 is 32.2 Å². The van der Waals surface area contributed by atoms with Crippen LogP contribution in [0.2, 0.25) is 0 Å². The minimum Gasteiger partial charge on any atom is -0.366 e. The predicted molar refractivity (Wildman–Crippen MR) is 55.8 cm³/mol. The van der Waals surface area contributed by atoms with Gasteiger partial charge < -0.3 is 5.73 Å². The van der Waals surface area contributed by atoms with E-state index in [2.05, 4.69) is 0 Å². The van der Waals surface area contributed by atoms with Gasteiger partial charge in [0.2, 0.25) is 10.0 Å². The first kappa shape index (κ1) is 12.6. The van der Waals surface area contributed by atoms with E-state index in [1.54, 1.807) is 0 Å². The summed E-state index contributed by atoms with van der Waals surface area (Å²) in [4.78, 5) is 10.3. The molecule has 0 aliphatic rings. The van der Waals surface area contributed by atoms with Gasteiger partial charge in [-0.15, -0.1) is 0 Å². The van der Waals surface area contributed by atoms with Gasteiger partial charge in [0.1, 0.15) is 4.90 Å². The van der Waals surface area contributed by atoms with Crippen LogP contribution in [0.15, 0.2) is 23.1 Å². The van der Waals surface area contributed by atoms with Crippen LogP contribution in [0.25, 0.3) is 0 Å². The summed E-state index contributed by atoms with van der Waals surface area (Å²) in [7, 11) is -1.37. The third-order valence-electron chi connectivity index (χ3n) is 1.99. The second-order valence-electron chi connectivity index (χ2n) is 3.27. The molecule has 88 valence electrons. The quantitative estimate of drug-likeness (QED) is 0.825. The van der Waals surface area contributed by atoms with Crippen LogP contribution in [0.3, 0.4) is 0 Å². The van der Waals surface area contributed by atoms with Crippen molar-refractivity contribution >= 4 is 15.9 Å². The lowest BCUT2D eigenvalue weighted by Gasteiger charge is -2.12. The molecule has 5 nitrogen and oxygen atoms in total. The average Bonchev–Trinajstić information content (AvgIpc) is 2.16. The summed E-state index contributed by atoms with van der Waals surface area (Å²) in [5, 5.41) is 0. The summed E-state index contributed by atoms with van der Waals surface area (Å²) in [6.45, 7) is 0. The molecule has 0 aliphatic heterocycles. The molecular weight excluding hydrogens is 235 g/mol. The highest BCUT2D eigenvalue weighted by atomic mass is 32.2. The minimum absolute atomic E-state index is 0.442. The monoisotopic (exact) mass is 246 g/mol. The van der Waals surface area contributed by atoms with E-state index >= 15 is 0 Å². The van der Waals surface area contributed by atoms with Gasteiger partial charge >= 0.3 is 0 Å². The zero-order valence-electron chi connectivity index (χ0n) is 8.77. The number of carbonyl (C=O) groups excluding carboxylic acids is 1. The second-order valence-corrected chi connectivity index (χ2v) is 5.39. The fraction of sp³-hybridized carbons (Fsp3) is 0.222. The molecule has 16 heavy (non-hydrogen) atoms. The Hall–Kier alpha value is -1.47. The van der Waals surface area contributed by atoms with Crippen molar-refractivity contribution in [1.82, 2.24) is 4.31 Å². The van der Waals surface area contributed by atoms with Crippen LogP contribution in [-0.2, 0) is 10.0 Å². The fourth-order valence-electron chi connectivity index (χ4n) is 1.10. The van der Waals surface area contributed by atoms with Gasteiger partial charge in [-0.3, -0.25) is 4.79 Å². The Labute approximate surface area is 92.7 Å². The number of carbonyl (C=O) groups is 1. The molecule has 2 N–H and O–H groups in total. The molecule has 0 aliphatic carbocycles. The van der Waals surface area contributed by atoms with Crippen molar-refractivity contribution in [3.63, 3.8) is 0 Å². The zero-order chi connectivity index (χ0) is 12.5. The van der Waals surface area contributed by atoms with Crippen molar-refractivity contribution in [1.29, 1.82) is 0 Å². The lowest BCUT2D eigenvalue weighted by atomic mass is 10.2. The largest absolute Gasteiger partial charge is 0.366 e. The van der Waals surface area contributed by atoms with Crippen molar-refractivity contribution in [2.75, 3.05) is 14.1 Å². The van der Waals surface area contributed by atoms with Crippen molar-refractivity contribution < 1.29 is 17.6 Å². The molecule has 1 aromatic carbocycles. The van der Waals surface area contributed by atoms with E-state index in [9.17, 15) is 17.6 Å². The number of hydrogen-bond donors (Lipinski definition) is 1. The van der Waals surface area contributed by atoms with Gasteiger partial charge in [0.15, 0.2) is 5.82 Å². The highest BCUT2D eigenvalue weighted by Crippen LogP contribution is 2.19. The smallest absolute Gasteiger partial charge is 0.251 e. The van der Waals surface area contributed by atoms with Crippen molar-refractivity contribution in [2.45, 2.75) is 4.90 Å². The van der Waals surface area contributed by atoms with E-state index in [1.807, 2.05) is 0 Å². The average molecular weight is 246 g/mol. The minimum atomic E-state index is -3.91. The Morgan fingerprint density at radius 3 is 2.38 bits per heavy atom. The predicted octanol–water partition coefficient (Wildman–Crippen LogP) is 0.175. The molecule has 0 spiro atoms. The van der Waals surface area contributed by atoms with Gasteiger partial charge in [-0.1, -0.05) is 6.07 Å². The number of amides is 1. The molecule has 0 heterocycles. The van der Waals surface area contributed by atoms with Gasteiger partial charge in [-0.05, 0) is 12.1 Å². The Balaban J connectivity index is 3.49. The summed E-state index contributed by atoms with van der Waals surface area (Å²) in [6.07, 6.45) is 0. The van der Waals surface area contributed by atoms with Crippen molar-refractivity contribution in [3.8, 4) is 0 Å².